The van der Waals surface area contributed by atoms with Crippen LogP contribution in [0.1, 0.15) is 32.3 Å². The summed E-state index contributed by atoms with van der Waals surface area (Å²) >= 11 is 1.26. The molecule has 0 N–H and O–H groups in total. The zero-order chi connectivity index (χ0) is 26.5. The number of anilines is 1. The molecule has 0 radical (unpaired) electrons. The van der Waals surface area contributed by atoms with Crippen LogP contribution in [0.4, 0.5) is 5.13 Å². The number of likely N-dealkylation sites (N-methyl/N-ethyl adjacent to an activating group) is 1. The number of hydrogen-bond donors (Lipinski definition) is 0. The Kier molecular flexibility index (Phi) is 11.1. The van der Waals surface area contributed by atoms with Gasteiger partial charge >= 0.3 is 0 Å². The summed E-state index contributed by atoms with van der Waals surface area (Å²) in [7, 11) is -6.85. The highest BCUT2D eigenvalue weighted by Crippen LogP contribution is 2.31. The van der Waals surface area contributed by atoms with E-state index in [1.54, 1.807) is 41.3 Å². The van der Waals surface area contributed by atoms with Gasteiger partial charge in [0.2, 0.25) is 5.91 Å². The first-order valence-corrected chi connectivity index (χ1v) is 16.2. The minimum Gasteiger partial charge on any atom is -0.302 e. The molecule has 0 bridgehead atoms. The normalized spacial score (nSPS) is 12.0. The minimum atomic E-state index is -3.48. The standard InChI is InChI=1S/C25H33N3O5S3.ClH/c1-5-27(6-2)15-16-28(25-26-22-14-13-21(35(4,30)31)18-23(22)34-25)24(29)8-7-17-36(32,33)20-11-9-19(3)10-12-20;/h9-14,18H,5-8,15-17H2,1-4H3;1H. The molecule has 1 amide bonds. The quantitative estimate of drug-likeness (QED) is 0.310. The largest absolute Gasteiger partial charge is 0.302 e. The summed E-state index contributed by atoms with van der Waals surface area (Å²) in [5, 5.41) is 0.481. The van der Waals surface area contributed by atoms with Crippen molar-refractivity contribution in [3.05, 3.63) is 48.0 Å². The number of carbonyl (C=O) groups excluding carboxylic acids is 1. The number of sulfone groups is 2. The van der Waals surface area contributed by atoms with Crippen LogP contribution in [0.15, 0.2) is 52.3 Å². The van der Waals surface area contributed by atoms with Crippen LogP contribution in [0, 0.1) is 6.92 Å². The number of thiazole rings is 1. The van der Waals surface area contributed by atoms with Crippen LogP contribution in [0.25, 0.3) is 10.2 Å². The van der Waals surface area contributed by atoms with E-state index in [1.165, 1.54) is 17.4 Å². The molecular weight excluding hydrogens is 554 g/mol. The van der Waals surface area contributed by atoms with Gasteiger partial charge in [0, 0.05) is 25.8 Å². The highest BCUT2D eigenvalue weighted by Gasteiger charge is 2.22. The molecule has 3 aromatic rings. The van der Waals surface area contributed by atoms with Crippen LogP contribution in [-0.2, 0) is 24.5 Å². The molecule has 1 aromatic heterocycles. The molecule has 12 heteroatoms. The predicted octanol–water partition coefficient (Wildman–Crippen LogP) is 4.36. The highest BCUT2D eigenvalue weighted by atomic mass is 35.5. The van der Waals surface area contributed by atoms with Gasteiger partial charge in [-0.1, -0.05) is 42.9 Å². The number of halogens is 1. The van der Waals surface area contributed by atoms with Gasteiger partial charge in [-0.3, -0.25) is 9.69 Å². The van der Waals surface area contributed by atoms with E-state index in [-0.39, 0.29) is 46.7 Å². The molecule has 0 aliphatic heterocycles. The lowest BCUT2D eigenvalue weighted by Crippen LogP contribution is -2.38. The van der Waals surface area contributed by atoms with E-state index in [2.05, 4.69) is 23.7 Å². The molecule has 0 spiro atoms. The SMILES string of the molecule is CCN(CC)CCN(C(=O)CCCS(=O)(=O)c1ccc(C)cc1)c1nc2ccc(S(C)(=O)=O)cc2s1.Cl. The van der Waals surface area contributed by atoms with Crippen molar-refractivity contribution in [2.24, 2.45) is 0 Å². The van der Waals surface area contributed by atoms with Crippen LogP contribution >= 0.6 is 23.7 Å². The van der Waals surface area contributed by atoms with Gasteiger partial charge in [-0.05, 0) is 56.8 Å². The van der Waals surface area contributed by atoms with Crippen molar-refractivity contribution in [1.82, 2.24) is 9.88 Å². The first-order valence-electron chi connectivity index (χ1n) is 11.9. The summed E-state index contributed by atoms with van der Waals surface area (Å²) in [5.74, 6) is -0.327. The fourth-order valence-electron chi connectivity index (χ4n) is 3.76. The maximum Gasteiger partial charge on any atom is 0.228 e. The number of hydrogen-bond acceptors (Lipinski definition) is 8. The molecule has 0 aliphatic carbocycles. The first kappa shape index (κ1) is 31.2. The number of fused-ring (bicyclic) bond motifs is 1. The molecule has 1 heterocycles. The lowest BCUT2D eigenvalue weighted by molar-refractivity contribution is -0.118. The number of rotatable bonds is 12. The number of nitrogens with zero attached hydrogens (tertiary/aromatic N) is 3. The second-order valence-electron chi connectivity index (χ2n) is 8.71. The summed E-state index contributed by atoms with van der Waals surface area (Å²) in [6, 6.07) is 11.4. The molecule has 8 nitrogen and oxygen atoms in total. The van der Waals surface area contributed by atoms with Gasteiger partial charge in [-0.25, -0.2) is 21.8 Å². The van der Waals surface area contributed by atoms with Crippen LogP contribution < -0.4 is 4.90 Å². The zero-order valence-corrected chi connectivity index (χ0v) is 24.8. The Morgan fingerprint density at radius 3 is 2.16 bits per heavy atom. The van der Waals surface area contributed by atoms with E-state index >= 15 is 0 Å². The number of aryl methyl sites for hydroxylation is 1. The van der Waals surface area contributed by atoms with Gasteiger partial charge < -0.3 is 4.90 Å². The van der Waals surface area contributed by atoms with E-state index in [4.69, 9.17) is 0 Å². The Hall–Kier alpha value is -2.05. The number of carbonyl (C=O) groups is 1. The molecule has 0 unspecified atom stereocenters. The molecule has 2 aromatic carbocycles. The van der Waals surface area contributed by atoms with Crippen LogP contribution in [0.2, 0.25) is 0 Å². The van der Waals surface area contributed by atoms with E-state index in [0.717, 1.165) is 24.9 Å². The highest BCUT2D eigenvalue weighted by molar-refractivity contribution is 7.91. The van der Waals surface area contributed by atoms with E-state index < -0.39 is 19.7 Å². The van der Waals surface area contributed by atoms with Crippen LogP contribution in [0.3, 0.4) is 0 Å². The number of benzene rings is 2. The molecule has 0 saturated carbocycles. The third-order valence-corrected chi connectivity index (χ3v) is 9.99. The van der Waals surface area contributed by atoms with Crippen LogP contribution in [0.5, 0.6) is 0 Å². The van der Waals surface area contributed by atoms with E-state index in [9.17, 15) is 21.6 Å². The second kappa shape index (κ2) is 13.1. The molecule has 204 valence electrons. The Morgan fingerprint density at radius 1 is 0.946 bits per heavy atom. The third-order valence-electron chi connectivity index (χ3n) is 6.03. The molecule has 0 saturated heterocycles. The van der Waals surface area contributed by atoms with Gasteiger partial charge in [-0.15, -0.1) is 12.4 Å². The van der Waals surface area contributed by atoms with Gasteiger partial charge in [0.05, 0.1) is 25.8 Å². The summed E-state index contributed by atoms with van der Waals surface area (Å²) < 4.78 is 50.0. The van der Waals surface area contributed by atoms with E-state index in [0.29, 0.717) is 28.4 Å². The van der Waals surface area contributed by atoms with Gasteiger partial charge in [0.1, 0.15) is 0 Å². The zero-order valence-electron chi connectivity index (χ0n) is 21.5. The second-order valence-corrected chi connectivity index (χ2v) is 13.8. The van der Waals surface area contributed by atoms with Gasteiger partial charge in [-0.2, -0.15) is 0 Å². The third kappa shape index (κ3) is 8.22. The van der Waals surface area contributed by atoms with Crippen molar-refractivity contribution in [1.29, 1.82) is 0 Å². The summed E-state index contributed by atoms with van der Waals surface area (Å²) in [4.78, 5) is 22.1. The van der Waals surface area contributed by atoms with Crippen molar-refractivity contribution in [2.45, 2.75) is 43.4 Å². The van der Waals surface area contributed by atoms with Crippen LogP contribution in [-0.4, -0.2) is 70.8 Å². The van der Waals surface area contributed by atoms with Crippen molar-refractivity contribution in [2.75, 3.05) is 43.1 Å². The van der Waals surface area contributed by atoms with Crippen molar-refractivity contribution >= 4 is 64.7 Å². The molecule has 0 fully saturated rings. The monoisotopic (exact) mass is 587 g/mol. The predicted molar refractivity (Wildman–Crippen MR) is 153 cm³/mol. The smallest absolute Gasteiger partial charge is 0.228 e. The topological polar surface area (TPSA) is 105 Å². The maximum absolute atomic E-state index is 13.3. The molecule has 3 rings (SSSR count). The fraction of sp³-hybridized carbons (Fsp3) is 0.440. The fourth-order valence-corrected chi connectivity index (χ4v) is 6.84. The average Bonchev–Trinajstić information content (AvgIpc) is 3.24. The lowest BCUT2D eigenvalue weighted by Gasteiger charge is -2.24. The summed E-state index contributed by atoms with van der Waals surface area (Å²) in [6.45, 7) is 8.72. The van der Waals surface area contributed by atoms with Gasteiger partial charge in [0.25, 0.3) is 0 Å². The molecule has 0 aliphatic rings. The summed E-state index contributed by atoms with van der Waals surface area (Å²) in [6.07, 6.45) is 1.41. The van der Waals surface area contributed by atoms with Gasteiger partial charge in [0.15, 0.2) is 24.8 Å². The van der Waals surface area contributed by atoms with Crippen molar-refractivity contribution < 1.29 is 21.6 Å². The molecular formula is C25H34ClN3O5S3. The van der Waals surface area contributed by atoms with E-state index in [1.807, 2.05) is 6.92 Å². The Morgan fingerprint density at radius 2 is 1.57 bits per heavy atom. The first-order chi connectivity index (χ1) is 16.9. The maximum atomic E-state index is 13.3. The van der Waals surface area contributed by atoms with Crippen molar-refractivity contribution in [3.63, 3.8) is 0 Å². The molecule has 0 atom stereocenters. The summed E-state index contributed by atoms with van der Waals surface area (Å²) in [5.41, 5.74) is 1.59. The molecule has 37 heavy (non-hydrogen) atoms. The lowest BCUT2D eigenvalue weighted by atomic mass is 10.2. The Bertz CT molecular complexity index is 1420. The Balaban J connectivity index is 0.00000481. The number of aromatic nitrogens is 1. The average molecular weight is 588 g/mol. The van der Waals surface area contributed by atoms with Crippen molar-refractivity contribution in [3.8, 4) is 0 Å². The minimum absolute atomic E-state index is 0. The number of amides is 1. The Labute approximate surface area is 229 Å².